The molecule has 0 radical (unpaired) electrons. The standard InChI is InChI=1S/C14H13NOS/c1-16-13-8-4-5-9-15(13)14-10-11-6-2-3-7-12(11)17-14/h2-8,10H,9H2,1H3. The van der Waals surface area contributed by atoms with Crippen LogP contribution in [-0.4, -0.2) is 13.7 Å². The number of methoxy groups -OCH3 is 1. The Morgan fingerprint density at radius 1 is 1.29 bits per heavy atom. The largest absolute Gasteiger partial charge is 0.482 e. The first kappa shape index (κ1) is 10.4. The van der Waals surface area contributed by atoms with Gasteiger partial charge < -0.3 is 9.64 Å². The lowest BCUT2D eigenvalue weighted by atomic mass is 10.2. The minimum atomic E-state index is 0.868. The number of thiophene rings is 1. The van der Waals surface area contributed by atoms with Crippen molar-refractivity contribution >= 4 is 26.4 Å². The smallest absolute Gasteiger partial charge is 0.194 e. The van der Waals surface area contributed by atoms with E-state index in [1.165, 1.54) is 15.1 Å². The van der Waals surface area contributed by atoms with E-state index in [0.29, 0.717) is 0 Å². The fraction of sp³-hybridized carbons (Fsp3) is 0.143. The number of allylic oxidation sites excluding steroid dienone is 2. The molecule has 0 aliphatic carbocycles. The molecule has 1 aliphatic rings. The van der Waals surface area contributed by atoms with Crippen molar-refractivity contribution in [1.29, 1.82) is 0 Å². The minimum absolute atomic E-state index is 0.868. The Morgan fingerprint density at radius 3 is 3.00 bits per heavy atom. The molecule has 3 rings (SSSR count). The lowest BCUT2D eigenvalue weighted by Gasteiger charge is -2.24. The Balaban J connectivity index is 2.03. The zero-order valence-electron chi connectivity index (χ0n) is 9.59. The van der Waals surface area contributed by atoms with Crippen LogP contribution in [0.3, 0.4) is 0 Å². The molecule has 0 unspecified atom stereocenters. The van der Waals surface area contributed by atoms with E-state index in [2.05, 4.69) is 41.3 Å². The van der Waals surface area contributed by atoms with Gasteiger partial charge in [0.15, 0.2) is 5.88 Å². The Hall–Kier alpha value is -1.74. The van der Waals surface area contributed by atoms with Crippen LogP contribution in [0.25, 0.3) is 10.1 Å². The molecule has 0 saturated heterocycles. The molecular weight excluding hydrogens is 230 g/mol. The molecule has 17 heavy (non-hydrogen) atoms. The number of ether oxygens (including phenoxy) is 1. The van der Waals surface area contributed by atoms with Crippen LogP contribution in [0.2, 0.25) is 0 Å². The Labute approximate surface area is 104 Å². The second-order valence-corrected chi connectivity index (χ2v) is 4.93. The molecule has 2 heterocycles. The van der Waals surface area contributed by atoms with Crippen molar-refractivity contribution < 1.29 is 4.74 Å². The van der Waals surface area contributed by atoms with E-state index in [1.54, 1.807) is 18.4 Å². The summed E-state index contributed by atoms with van der Waals surface area (Å²) in [6, 6.07) is 10.7. The van der Waals surface area contributed by atoms with Crippen molar-refractivity contribution in [2.75, 3.05) is 18.6 Å². The molecule has 0 saturated carbocycles. The Kier molecular flexibility index (Phi) is 2.61. The highest BCUT2D eigenvalue weighted by Crippen LogP contribution is 2.34. The average Bonchev–Trinajstić information content (AvgIpc) is 2.82. The summed E-state index contributed by atoms with van der Waals surface area (Å²) in [6.07, 6.45) is 6.16. The first-order chi connectivity index (χ1) is 8.38. The van der Waals surface area contributed by atoms with Gasteiger partial charge in [-0.3, -0.25) is 0 Å². The molecule has 0 fully saturated rings. The Morgan fingerprint density at radius 2 is 2.18 bits per heavy atom. The monoisotopic (exact) mass is 243 g/mol. The average molecular weight is 243 g/mol. The molecule has 0 N–H and O–H groups in total. The van der Waals surface area contributed by atoms with Gasteiger partial charge in [-0.15, -0.1) is 11.3 Å². The van der Waals surface area contributed by atoms with E-state index in [1.807, 2.05) is 12.2 Å². The molecule has 3 heteroatoms. The summed E-state index contributed by atoms with van der Waals surface area (Å²) in [5, 5.41) is 2.51. The van der Waals surface area contributed by atoms with E-state index in [9.17, 15) is 0 Å². The SMILES string of the molecule is COC1=CC=CCN1c1cc2ccccc2s1. The third-order valence-corrected chi connectivity index (χ3v) is 3.96. The number of benzene rings is 1. The Bertz CT molecular complexity index is 564. The zero-order valence-corrected chi connectivity index (χ0v) is 10.4. The molecule has 0 atom stereocenters. The fourth-order valence-electron chi connectivity index (χ4n) is 1.97. The quantitative estimate of drug-likeness (QED) is 0.796. The number of nitrogens with zero attached hydrogens (tertiary/aromatic N) is 1. The van der Waals surface area contributed by atoms with E-state index in [0.717, 1.165) is 12.4 Å². The van der Waals surface area contributed by atoms with Crippen LogP contribution >= 0.6 is 11.3 Å². The molecule has 2 nitrogen and oxygen atoms in total. The first-order valence-corrected chi connectivity index (χ1v) is 6.37. The van der Waals surface area contributed by atoms with Crippen LogP contribution in [0, 0.1) is 0 Å². The van der Waals surface area contributed by atoms with Gasteiger partial charge in [0.2, 0.25) is 0 Å². The first-order valence-electron chi connectivity index (χ1n) is 5.55. The van der Waals surface area contributed by atoms with Gasteiger partial charge >= 0.3 is 0 Å². The highest BCUT2D eigenvalue weighted by Gasteiger charge is 2.15. The number of rotatable bonds is 2. The van der Waals surface area contributed by atoms with E-state index in [-0.39, 0.29) is 0 Å². The summed E-state index contributed by atoms with van der Waals surface area (Å²) < 4.78 is 6.71. The van der Waals surface area contributed by atoms with Crippen LogP contribution in [0.5, 0.6) is 0 Å². The molecule has 0 amide bonds. The van der Waals surface area contributed by atoms with Crippen LogP contribution in [0.4, 0.5) is 5.00 Å². The van der Waals surface area contributed by atoms with E-state index in [4.69, 9.17) is 4.74 Å². The van der Waals surface area contributed by atoms with Crippen molar-refractivity contribution in [3.8, 4) is 0 Å². The normalized spacial score (nSPS) is 15.1. The maximum Gasteiger partial charge on any atom is 0.194 e. The third kappa shape index (κ3) is 1.83. The van der Waals surface area contributed by atoms with Gasteiger partial charge in [0.25, 0.3) is 0 Å². The highest BCUT2D eigenvalue weighted by atomic mass is 32.1. The number of fused-ring (bicyclic) bond motifs is 1. The topological polar surface area (TPSA) is 12.5 Å². The van der Waals surface area contributed by atoms with Gasteiger partial charge in [0, 0.05) is 11.2 Å². The molecule has 0 spiro atoms. The number of anilines is 1. The molecule has 1 aromatic heterocycles. The molecule has 1 aliphatic heterocycles. The minimum Gasteiger partial charge on any atom is -0.482 e. The van der Waals surface area contributed by atoms with Crippen molar-refractivity contribution in [3.05, 3.63) is 54.4 Å². The summed E-state index contributed by atoms with van der Waals surface area (Å²) in [5.41, 5.74) is 0. The lowest BCUT2D eigenvalue weighted by Crippen LogP contribution is -2.24. The molecule has 1 aromatic carbocycles. The third-order valence-electron chi connectivity index (χ3n) is 2.82. The van der Waals surface area contributed by atoms with Crippen molar-refractivity contribution in [2.45, 2.75) is 0 Å². The lowest BCUT2D eigenvalue weighted by molar-refractivity contribution is 0.280. The fourth-order valence-corrected chi connectivity index (χ4v) is 3.05. The van der Waals surface area contributed by atoms with Gasteiger partial charge in [0.05, 0.1) is 12.1 Å². The second kappa shape index (κ2) is 4.26. The maximum absolute atomic E-state index is 5.40. The zero-order chi connectivity index (χ0) is 11.7. The van der Waals surface area contributed by atoms with Crippen molar-refractivity contribution in [1.82, 2.24) is 0 Å². The molecule has 2 aromatic rings. The summed E-state index contributed by atoms with van der Waals surface area (Å²) in [6.45, 7) is 0.868. The predicted molar refractivity (Wildman–Crippen MR) is 73.4 cm³/mol. The molecular formula is C14H13NOS. The van der Waals surface area contributed by atoms with Crippen LogP contribution in [-0.2, 0) is 4.74 Å². The number of hydrogen-bond acceptors (Lipinski definition) is 3. The number of hydrogen-bond donors (Lipinski definition) is 0. The predicted octanol–water partition coefficient (Wildman–Crippen LogP) is 3.77. The van der Waals surface area contributed by atoms with Gasteiger partial charge in [-0.05, 0) is 23.6 Å². The van der Waals surface area contributed by atoms with Crippen LogP contribution in [0.15, 0.2) is 54.4 Å². The van der Waals surface area contributed by atoms with E-state index >= 15 is 0 Å². The van der Waals surface area contributed by atoms with Crippen molar-refractivity contribution in [3.63, 3.8) is 0 Å². The van der Waals surface area contributed by atoms with Gasteiger partial charge in [-0.1, -0.05) is 30.4 Å². The molecule has 86 valence electrons. The highest BCUT2D eigenvalue weighted by molar-refractivity contribution is 7.22. The van der Waals surface area contributed by atoms with Gasteiger partial charge in [-0.2, -0.15) is 0 Å². The van der Waals surface area contributed by atoms with Gasteiger partial charge in [0.1, 0.15) is 0 Å². The summed E-state index contributed by atoms with van der Waals surface area (Å²) in [4.78, 5) is 2.19. The summed E-state index contributed by atoms with van der Waals surface area (Å²) >= 11 is 1.79. The molecule has 0 bridgehead atoms. The summed E-state index contributed by atoms with van der Waals surface area (Å²) in [7, 11) is 1.71. The second-order valence-electron chi connectivity index (χ2n) is 3.87. The summed E-state index contributed by atoms with van der Waals surface area (Å²) in [5.74, 6) is 0.902. The maximum atomic E-state index is 5.40. The van der Waals surface area contributed by atoms with E-state index < -0.39 is 0 Å². The van der Waals surface area contributed by atoms with Crippen molar-refractivity contribution in [2.24, 2.45) is 0 Å². The van der Waals surface area contributed by atoms with Crippen LogP contribution < -0.4 is 4.90 Å². The van der Waals surface area contributed by atoms with Crippen LogP contribution in [0.1, 0.15) is 0 Å². The van der Waals surface area contributed by atoms with Gasteiger partial charge in [-0.25, -0.2) is 0 Å².